The lowest BCUT2D eigenvalue weighted by Gasteiger charge is -2.17. The Morgan fingerprint density at radius 1 is 0.944 bits per heavy atom. The van der Waals surface area contributed by atoms with Crippen LogP contribution in [0.5, 0.6) is 0 Å². The van der Waals surface area contributed by atoms with Crippen LogP contribution in [0, 0.1) is 0 Å². The van der Waals surface area contributed by atoms with Gasteiger partial charge in [-0.2, -0.15) is 0 Å². The summed E-state index contributed by atoms with van der Waals surface area (Å²) in [5.41, 5.74) is 3.66. The molecular formula is C15H14N2S. The Morgan fingerprint density at radius 2 is 1.67 bits per heavy atom. The fourth-order valence-electron chi connectivity index (χ4n) is 2.29. The standard InChI is InChI=1S/C15H14N2S/c18-15-16-13-9-5-4-8-12(13)10-14(17-15)11-6-2-1-3-7-11/h1-9,14H,10H2,(H2,16,17,18)/t14-/m1/s1. The number of fused-ring (bicyclic) bond motifs is 1. The van der Waals surface area contributed by atoms with Gasteiger partial charge in [-0.05, 0) is 35.8 Å². The fraction of sp³-hybridized carbons (Fsp3) is 0.133. The quantitative estimate of drug-likeness (QED) is 0.764. The summed E-state index contributed by atoms with van der Waals surface area (Å²) in [6.07, 6.45) is 0.938. The van der Waals surface area contributed by atoms with Gasteiger partial charge in [0.1, 0.15) is 0 Å². The van der Waals surface area contributed by atoms with E-state index in [0.29, 0.717) is 5.11 Å². The molecule has 1 heterocycles. The minimum atomic E-state index is 0.231. The molecule has 18 heavy (non-hydrogen) atoms. The summed E-state index contributed by atoms with van der Waals surface area (Å²) in [5, 5.41) is 7.29. The molecule has 2 nitrogen and oxygen atoms in total. The van der Waals surface area contributed by atoms with E-state index in [2.05, 4.69) is 53.1 Å². The molecule has 1 aliphatic rings. The highest BCUT2D eigenvalue weighted by Crippen LogP contribution is 2.26. The van der Waals surface area contributed by atoms with E-state index in [-0.39, 0.29) is 6.04 Å². The molecule has 0 unspecified atom stereocenters. The van der Waals surface area contributed by atoms with Crippen molar-refractivity contribution >= 4 is 23.0 Å². The van der Waals surface area contributed by atoms with Crippen LogP contribution in [0.25, 0.3) is 0 Å². The van der Waals surface area contributed by atoms with Crippen LogP contribution in [0.4, 0.5) is 5.69 Å². The van der Waals surface area contributed by atoms with Gasteiger partial charge in [-0.25, -0.2) is 0 Å². The molecular weight excluding hydrogens is 240 g/mol. The van der Waals surface area contributed by atoms with Gasteiger partial charge < -0.3 is 10.6 Å². The smallest absolute Gasteiger partial charge is 0.171 e. The Kier molecular flexibility index (Phi) is 2.99. The molecule has 0 aliphatic carbocycles. The average molecular weight is 254 g/mol. The van der Waals surface area contributed by atoms with Gasteiger partial charge in [0.25, 0.3) is 0 Å². The van der Waals surface area contributed by atoms with Gasteiger partial charge in [-0.1, -0.05) is 48.5 Å². The second kappa shape index (κ2) is 4.78. The van der Waals surface area contributed by atoms with E-state index in [4.69, 9.17) is 12.2 Å². The number of hydrogen-bond donors (Lipinski definition) is 2. The third kappa shape index (κ3) is 2.22. The summed E-state index contributed by atoms with van der Waals surface area (Å²) in [7, 11) is 0. The number of nitrogens with one attached hydrogen (secondary N) is 2. The molecule has 0 bridgehead atoms. The first-order valence-electron chi connectivity index (χ1n) is 6.03. The molecule has 0 fully saturated rings. The first kappa shape index (κ1) is 11.2. The number of hydrogen-bond acceptors (Lipinski definition) is 1. The van der Waals surface area contributed by atoms with E-state index in [0.717, 1.165) is 12.1 Å². The lowest BCUT2D eigenvalue weighted by atomic mass is 9.98. The van der Waals surface area contributed by atoms with Crippen LogP contribution in [-0.4, -0.2) is 5.11 Å². The van der Waals surface area contributed by atoms with Gasteiger partial charge in [0.2, 0.25) is 0 Å². The van der Waals surface area contributed by atoms with Crippen molar-refractivity contribution in [1.29, 1.82) is 0 Å². The summed E-state index contributed by atoms with van der Waals surface area (Å²) in [4.78, 5) is 0. The Bertz CT molecular complexity index is 566. The molecule has 90 valence electrons. The van der Waals surface area contributed by atoms with Crippen molar-refractivity contribution in [2.45, 2.75) is 12.5 Å². The second-order valence-corrected chi connectivity index (χ2v) is 4.83. The zero-order valence-corrected chi connectivity index (χ0v) is 10.7. The number of thiocarbonyl (C=S) groups is 1. The topological polar surface area (TPSA) is 24.1 Å². The summed E-state index contributed by atoms with van der Waals surface area (Å²) < 4.78 is 0. The largest absolute Gasteiger partial charge is 0.355 e. The van der Waals surface area contributed by atoms with Crippen molar-refractivity contribution in [2.75, 3.05) is 5.32 Å². The van der Waals surface area contributed by atoms with Crippen molar-refractivity contribution in [3.8, 4) is 0 Å². The Labute approximate surface area is 112 Å². The van der Waals surface area contributed by atoms with Crippen molar-refractivity contribution < 1.29 is 0 Å². The third-order valence-electron chi connectivity index (χ3n) is 3.20. The maximum absolute atomic E-state index is 5.32. The lowest BCUT2D eigenvalue weighted by Crippen LogP contribution is -2.30. The summed E-state index contributed by atoms with van der Waals surface area (Å²) in [6, 6.07) is 19.0. The molecule has 2 aromatic carbocycles. The van der Waals surface area contributed by atoms with E-state index in [9.17, 15) is 0 Å². The maximum Gasteiger partial charge on any atom is 0.171 e. The van der Waals surface area contributed by atoms with Crippen molar-refractivity contribution in [3.05, 3.63) is 65.7 Å². The number of benzene rings is 2. The van der Waals surface area contributed by atoms with Crippen LogP contribution in [0.2, 0.25) is 0 Å². The Morgan fingerprint density at radius 3 is 2.50 bits per heavy atom. The van der Waals surface area contributed by atoms with Crippen LogP contribution >= 0.6 is 12.2 Å². The first-order chi connectivity index (χ1) is 8.83. The van der Waals surface area contributed by atoms with Gasteiger partial charge >= 0.3 is 0 Å². The number of para-hydroxylation sites is 1. The molecule has 0 radical (unpaired) electrons. The minimum absolute atomic E-state index is 0.231. The van der Waals surface area contributed by atoms with E-state index in [1.165, 1.54) is 11.1 Å². The maximum atomic E-state index is 5.32. The molecule has 1 aliphatic heterocycles. The van der Waals surface area contributed by atoms with Crippen LogP contribution in [-0.2, 0) is 6.42 Å². The molecule has 0 spiro atoms. The zero-order chi connectivity index (χ0) is 12.4. The molecule has 3 rings (SSSR count). The van der Waals surface area contributed by atoms with Gasteiger partial charge in [-0.3, -0.25) is 0 Å². The zero-order valence-electron chi connectivity index (χ0n) is 9.89. The van der Waals surface area contributed by atoms with Crippen molar-refractivity contribution in [1.82, 2.24) is 5.32 Å². The predicted molar refractivity (Wildman–Crippen MR) is 78.7 cm³/mol. The van der Waals surface area contributed by atoms with Gasteiger partial charge in [0.05, 0.1) is 6.04 Å². The van der Waals surface area contributed by atoms with Gasteiger partial charge in [-0.15, -0.1) is 0 Å². The molecule has 0 amide bonds. The molecule has 2 N–H and O–H groups in total. The lowest BCUT2D eigenvalue weighted by molar-refractivity contribution is 0.655. The van der Waals surface area contributed by atoms with Crippen LogP contribution < -0.4 is 10.6 Å². The molecule has 2 aromatic rings. The van der Waals surface area contributed by atoms with Gasteiger partial charge in [0.15, 0.2) is 5.11 Å². The monoisotopic (exact) mass is 254 g/mol. The summed E-state index contributed by atoms with van der Waals surface area (Å²) in [6.45, 7) is 0. The molecule has 1 atom stereocenters. The third-order valence-corrected chi connectivity index (χ3v) is 3.42. The van der Waals surface area contributed by atoms with E-state index < -0.39 is 0 Å². The van der Waals surface area contributed by atoms with Crippen LogP contribution in [0.1, 0.15) is 17.2 Å². The molecule has 3 heteroatoms. The Balaban J connectivity index is 1.97. The minimum Gasteiger partial charge on any atom is -0.355 e. The highest BCUT2D eigenvalue weighted by molar-refractivity contribution is 7.80. The van der Waals surface area contributed by atoms with Crippen molar-refractivity contribution in [3.63, 3.8) is 0 Å². The summed E-state index contributed by atoms with van der Waals surface area (Å²) in [5.74, 6) is 0. The number of rotatable bonds is 1. The highest BCUT2D eigenvalue weighted by atomic mass is 32.1. The van der Waals surface area contributed by atoms with Gasteiger partial charge in [0, 0.05) is 5.69 Å². The Hall–Kier alpha value is -1.87. The predicted octanol–water partition coefficient (Wildman–Crippen LogP) is 3.27. The normalized spacial score (nSPS) is 18.2. The average Bonchev–Trinajstić information content (AvgIpc) is 2.57. The second-order valence-electron chi connectivity index (χ2n) is 4.42. The van der Waals surface area contributed by atoms with Crippen LogP contribution in [0.15, 0.2) is 54.6 Å². The molecule has 0 aromatic heterocycles. The highest BCUT2D eigenvalue weighted by Gasteiger charge is 2.19. The first-order valence-corrected chi connectivity index (χ1v) is 6.44. The SMILES string of the molecule is S=C1Nc2ccccc2C[C@H](c2ccccc2)N1. The van der Waals surface area contributed by atoms with Crippen LogP contribution in [0.3, 0.4) is 0 Å². The van der Waals surface area contributed by atoms with E-state index in [1.54, 1.807) is 0 Å². The van der Waals surface area contributed by atoms with E-state index in [1.807, 2.05) is 12.1 Å². The van der Waals surface area contributed by atoms with Crippen molar-refractivity contribution in [2.24, 2.45) is 0 Å². The molecule has 0 saturated carbocycles. The van der Waals surface area contributed by atoms with E-state index >= 15 is 0 Å². The summed E-state index contributed by atoms with van der Waals surface area (Å²) >= 11 is 5.32. The fourth-order valence-corrected chi connectivity index (χ4v) is 2.55. The molecule has 0 saturated heterocycles. The number of anilines is 1.